The predicted octanol–water partition coefficient (Wildman–Crippen LogP) is 7.40. The molecule has 4 nitrogen and oxygen atoms in total. The van der Waals surface area contributed by atoms with Gasteiger partial charge in [0, 0.05) is 30.5 Å². The van der Waals surface area contributed by atoms with Crippen molar-refractivity contribution in [3.63, 3.8) is 0 Å². The van der Waals surface area contributed by atoms with Gasteiger partial charge in [-0.25, -0.2) is 17.9 Å². The standard InChI is InChI=1S/C21H22F5N3O.C7H7F/c22-20(23)10-14(11-20)17-9-15(13-5-2-1-3-6-13)19(30)29(28-17)12-18-16(21(24,25)26)7-4-8-27-18;1-6-3-2-4-7(8)5-6/h4,7-9,13-14H,1-3,5-6,10-12H2;2-5H,1H3. The lowest BCUT2D eigenvalue weighted by atomic mass is 9.77. The van der Waals surface area contributed by atoms with Gasteiger partial charge >= 0.3 is 6.18 Å². The number of nitrogens with zero attached hydrogens (tertiary/aromatic N) is 3. The van der Waals surface area contributed by atoms with Crippen LogP contribution in [-0.4, -0.2) is 20.7 Å². The Bertz CT molecular complexity index is 1290. The first kappa shape index (κ1) is 27.9. The predicted molar refractivity (Wildman–Crippen MR) is 131 cm³/mol. The summed E-state index contributed by atoms with van der Waals surface area (Å²) in [5.74, 6) is -3.45. The highest BCUT2D eigenvalue weighted by atomic mass is 19.4. The summed E-state index contributed by atoms with van der Waals surface area (Å²) in [7, 11) is 0. The second-order valence-corrected chi connectivity index (χ2v) is 10.1. The topological polar surface area (TPSA) is 47.8 Å². The summed E-state index contributed by atoms with van der Waals surface area (Å²) in [5, 5.41) is 4.20. The number of aryl methyl sites for hydroxylation is 1. The van der Waals surface area contributed by atoms with Crippen molar-refractivity contribution in [2.45, 2.75) is 82.3 Å². The molecular formula is C28H29F6N3O. The van der Waals surface area contributed by atoms with Crippen molar-refractivity contribution >= 4 is 0 Å². The first-order chi connectivity index (χ1) is 17.9. The van der Waals surface area contributed by atoms with E-state index in [0.29, 0.717) is 11.3 Å². The quantitative estimate of drug-likeness (QED) is 0.326. The van der Waals surface area contributed by atoms with Crippen LogP contribution in [0, 0.1) is 12.7 Å². The molecule has 10 heteroatoms. The second kappa shape index (κ2) is 11.3. The van der Waals surface area contributed by atoms with Crippen LogP contribution >= 0.6 is 0 Å². The maximum atomic E-state index is 13.4. The summed E-state index contributed by atoms with van der Waals surface area (Å²) >= 11 is 0. The Hall–Kier alpha value is -3.17. The molecule has 0 N–H and O–H groups in total. The zero-order valence-corrected chi connectivity index (χ0v) is 20.9. The fraction of sp³-hybridized carbons (Fsp3) is 0.464. The van der Waals surface area contributed by atoms with Crippen molar-refractivity contribution in [2.75, 3.05) is 0 Å². The van der Waals surface area contributed by atoms with Crippen LogP contribution in [0.4, 0.5) is 26.3 Å². The molecule has 5 rings (SSSR count). The van der Waals surface area contributed by atoms with E-state index in [1.807, 2.05) is 13.0 Å². The minimum Gasteiger partial charge on any atom is -0.267 e. The van der Waals surface area contributed by atoms with E-state index >= 15 is 0 Å². The van der Waals surface area contributed by atoms with Crippen LogP contribution < -0.4 is 5.56 Å². The lowest BCUT2D eigenvalue weighted by Crippen LogP contribution is -2.37. The summed E-state index contributed by atoms with van der Waals surface area (Å²) in [6, 6.07) is 10.2. The third-order valence-corrected chi connectivity index (χ3v) is 7.05. The Morgan fingerprint density at radius 1 is 1.00 bits per heavy atom. The molecule has 3 aromatic rings. The maximum absolute atomic E-state index is 13.4. The second-order valence-electron chi connectivity index (χ2n) is 10.1. The van der Waals surface area contributed by atoms with Crippen LogP contribution in [0.2, 0.25) is 0 Å². The van der Waals surface area contributed by atoms with Gasteiger partial charge in [0.05, 0.1) is 23.5 Å². The van der Waals surface area contributed by atoms with E-state index in [0.717, 1.165) is 48.4 Å². The third-order valence-electron chi connectivity index (χ3n) is 7.05. The fourth-order valence-corrected chi connectivity index (χ4v) is 5.04. The molecule has 2 heterocycles. The third kappa shape index (κ3) is 6.82. The molecule has 0 radical (unpaired) electrons. The van der Waals surface area contributed by atoms with Crippen LogP contribution in [0.3, 0.4) is 0 Å². The largest absolute Gasteiger partial charge is 0.418 e. The normalized spacial score (nSPS) is 17.9. The summed E-state index contributed by atoms with van der Waals surface area (Å²) in [6.07, 6.45) is 0.484. The fourth-order valence-electron chi connectivity index (χ4n) is 5.04. The minimum absolute atomic E-state index is 0.0225. The van der Waals surface area contributed by atoms with Crippen LogP contribution in [0.25, 0.3) is 0 Å². The summed E-state index contributed by atoms with van der Waals surface area (Å²) in [6.45, 7) is 1.41. The van der Waals surface area contributed by atoms with Gasteiger partial charge in [-0.3, -0.25) is 9.78 Å². The molecule has 0 spiro atoms. The number of alkyl halides is 5. The number of aromatic nitrogens is 3. The molecule has 2 saturated carbocycles. The number of pyridine rings is 1. The molecule has 0 aliphatic heterocycles. The van der Waals surface area contributed by atoms with Crippen molar-refractivity contribution in [3.8, 4) is 0 Å². The van der Waals surface area contributed by atoms with Gasteiger partial charge in [0.2, 0.25) is 5.92 Å². The zero-order chi connectivity index (χ0) is 27.5. The van der Waals surface area contributed by atoms with Gasteiger partial charge in [0.15, 0.2) is 0 Å². The molecule has 204 valence electrons. The zero-order valence-electron chi connectivity index (χ0n) is 20.9. The molecule has 2 aliphatic rings. The molecule has 0 saturated heterocycles. The van der Waals surface area contributed by atoms with Gasteiger partial charge in [0.1, 0.15) is 5.82 Å². The van der Waals surface area contributed by atoms with E-state index in [9.17, 15) is 31.1 Å². The van der Waals surface area contributed by atoms with Crippen LogP contribution in [0.1, 0.15) is 84.9 Å². The van der Waals surface area contributed by atoms with Crippen LogP contribution in [-0.2, 0) is 12.7 Å². The van der Waals surface area contributed by atoms with Gasteiger partial charge in [-0.05, 0) is 61.6 Å². The number of rotatable bonds is 4. The van der Waals surface area contributed by atoms with Crippen molar-refractivity contribution in [2.24, 2.45) is 0 Å². The number of halogens is 6. The monoisotopic (exact) mass is 537 g/mol. The lowest BCUT2D eigenvalue weighted by molar-refractivity contribution is -0.138. The molecule has 38 heavy (non-hydrogen) atoms. The Labute approximate surface area is 216 Å². The van der Waals surface area contributed by atoms with Crippen molar-refractivity contribution in [3.05, 3.63) is 92.9 Å². The molecule has 2 fully saturated rings. The first-order valence-electron chi connectivity index (χ1n) is 12.7. The summed E-state index contributed by atoms with van der Waals surface area (Å²) in [5.41, 5.74) is 0.0780. The molecule has 2 aromatic heterocycles. The van der Waals surface area contributed by atoms with Gasteiger partial charge < -0.3 is 0 Å². The average Bonchev–Trinajstić information content (AvgIpc) is 2.84. The molecule has 0 atom stereocenters. The van der Waals surface area contributed by atoms with Gasteiger partial charge in [-0.15, -0.1) is 0 Å². The van der Waals surface area contributed by atoms with Crippen LogP contribution in [0.15, 0.2) is 53.5 Å². The van der Waals surface area contributed by atoms with Crippen molar-refractivity contribution < 1.29 is 26.3 Å². The summed E-state index contributed by atoms with van der Waals surface area (Å²) in [4.78, 5) is 16.9. The van der Waals surface area contributed by atoms with E-state index in [2.05, 4.69) is 10.1 Å². The van der Waals surface area contributed by atoms with Gasteiger partial charge in [0.25, 0.3) is 5.56 Å². The first-order valence-corrected chi connectivity index (χ1v) is 12.7. The molecule has 0 amide bonds. The Morgan fingerprint density at radius 2 is 1.71 bits per heavy atom. The smallest absolute Gasteiger partial charge is 0.267 e. The van der Waals surface area contributed by atoms with E-state index in [1.54, 1.807) is 12.1 Å². The van der Waals surface area contributed by atoms with E-state index in [1.165, 1.54) is 24.4 Å². The van der Waals surface area contributed by atoms with E-state index in [-0.39, 0.29) is 30.3 Å². The van der Waals surface area contributed by atoms with Crippen LogP contribution in [0.5, 0.6) is 0 Å². The highest BCUT2D eigenvalue weighted by molar-refractivity contribution is 5.26. The molecule has 2 aliphatic carbocycles. The van der Waals surface area contributed by atoms with Crippen molar-refractivity contribution in [1.29, 1.82) is 0 Å². The van der Waals surface area contributed by atoms with Crippen molar-refractivity contribution in [1.82, 2.24) is 14.8 Å². The maximum Gasteiger partial charge on any atom is 0.418 e. The molecular weight excluding hydrogens is 508 g/mol. The lowest BCUT2D eigenvalue weighted by Gasteiger charge is -2.35. The summed E-state index contributed by atoms with van der Waals surface area (Å²) < 4.78 is 80.0. The molecule has 1 aromatic carbocycles. The van der Waals surface area contributed by atoms with Gasteiger partial charge in [-0.1, -0.05) is 31.4 Å². The van der Waals surface area contributed by atoms with E-state index in [4.69, 9.17) is 0 Å². The SMILES string of the molecule is Cc1cccc(F)c1.O=c1c(C2CCCCC2)cc(C2CC(F)(F)C2)nn1Cc1ncccc1C(F)(F)F. The minimum atomic E-state index is -4.62. The highest BCUT2D eigenvalue weighted by Crippen LogP contribution is 2.48. The Morgan fingerprint density at radius 3 is 2.29 bits per heavy atom. The molecule has 0 bridgehead atoms. The highest BCUT2D eigenvalue weighted by Gasteiger charge is 2.47. The molecule has 0 unspecified atom stereocenters. The van der Waals surface area contributed by atoms with Gasteiger partial charge in [-0.2, -0.15) is 18.3 Å². The number of benzene rings is 1. The number of hydrogen-bond acceptors (Lipinski definition) is 3. The number of hydrogen-bond donors (Lipinski definition) is 0. The Balaban J connectivity index is 0.000000360. The average molecular weight is 538 g/mol. The Kier molecular flexibility index (Phi) is 8.28. The van der Waals surface area contributed by atoms with E-state index < -0.39 is 35.7 Å².